The van der Waals surface area contributed by atoms with Crippen molar-refractivity contribution in [2.75, 3.05) is 32.8 Å². The number of carbonyl (C=O) groups is 2. The molecule has 0 radical (unpaired) electrons. The summed E-state index contributed by atoms with van der Waals surface area (Å²) < 4.78 is 5.30. The number of nitrogens with one attached hydrogen (secondary N) is 1. The smallest absolute Gasteiger partial charge is 0.317 e. The number of carboxylic acids is 1. The number of rotatable bonds is 5. The molecule has 2 saturated heterocycles. The number of ether oxygens (including phenoxy) is 1. The lowest BCUT2D eigenvalue weighted by Gasteiger charge is -2.25. The van der Waals surface area contributed by atoms with Crippen molar-refractivity contribution in [1.82, 2.24) is 10.2 Å². The molecule has 0 spiro atoms. The Bertz CT molecular complexity index is 404. The summed E-state index contributed by atoms with van der Waals surface area (Å²) in [6, 6.07) is 0.118. The summed E-state index contributed by atoms with van der Waals surface area (Å²) in [6.07, 6.45) is 4.03. The Labute approximate surface area is 124 Å². The zero-order valence-corrected chi connectivity index (χ0v) is 12.3. The first-order chi connectivity index (χ1) is 10.1. The van der Waals surface area contributed by atoms with Crippen molar-refractivity contribution in [2.45, 2.75) is 31.7 Å². The van der Waals surface area contributed by atoms with Gasteiger partial charge in [0.15, 0.2) is 0 Å². The standard InChI is InChI=1S/C15H24N2O4/c18-14(19)9-17-7-12(10-1-2-10)13(8-17)16-15(20)11-3-5-21-6-4-11/h10-13H,1-9H2,(H,16,20)(H,18,19)/t12-,13+/m1/s1. The van der Waals surface area contributed by atoms with Crippen molar-refractivity contribution in [1.29, 1.82) is 0 Å². The summed E-state index contributed by atoms with van der Waals surface area (Å²) >= 11 is 0. The van der Waals surface area contributed by atoms with Gasteiger partial charge in [0.1, 0.15) is 0 Å². The fourth-order valence-corrected chi connectivity index (χ4v) is 3.65. The summed E-state index contributed by atoms with van der Waals surface area (Å²) in [6.45, 7) is 2.88. The van der Waals surface area contributed by atoms with Gasteiger partial charge in [-0.2, -0.15) is 0 Å². The molecule has 0 unspecified atom stereocenters. The van der Waals surface area contributed by atoms with Crippen LogP contribution < -0.4 is 5.32 Å². The van der Waals surface area contributed by atoms with Crippen LogP contribution in [0.3, 0.4) is 0 Å². The molecule has 2 atom stereocenters. The van der Waals surface area contributed by atoms with Gasteiger partial charge in [-0.25, -0.2) is 0 Å². The SMILES string of the molecule is O=C(O)CN1C[C@H](NC(=O)C2CCOCC2)[C@@H](C2CC2)C1. The molecule has 1 aliphatic carbocycles. The predicted molar refractivity (Wildman–Crippen MR) is 75.8 cm³/mol. The van der Waals surface area contributed by atoms with Gasteiger partial charge < -0.3 is 15.2 Å². The van der Waals surface area contributed by atoms with E-state index in [1.165, 1.54) is 12.8 Å². The second-order valence-electron chi connectivity index (χ2n) is 6.59. The molecule has 3 fully saturated rings. The average Bonchev–Trinajstić information content (AvgIpc) is 3.23. The van der Waals surface area contributed by atoms with Gasteiger partial charge in [0, 0.05) is 38.3 Å². The number of hydrogen-bond acceptors (Lipinski definition) is 4. The van der Waals surface area contributed by atoms with E-state index in [2.05, 4.69) is 5.32 Å². The van der Waals surface area contributed by atoms with Crippen LogP contribution >= 0.6 is 0 Å². The van der Waals surface area contributed by atoms with Crippen LogP contribution in [0.2, 0.25) is 0 Å². The molecule has 0 aromatic heterocycles. The summed E-state index contributed by atoms with van der Waals surface area (Å²) in [5, 5.41) is 12.1. The van der Waals surface area contributed by atoms with Crippen LogP contribution in [-0.2, 0) is 14.3 Å². The molecule has 0 bridgehead atoms. The molecule has 1 amide bonds. The largest absolute Gasteiger partial charge is 0.480 e. The molecule has 3 aliphatic rings. The Kier molecular flexibility index (Phi) is 4.45. The summed E-state index contributed by atoms with van der Waals surface area (Å²) in [7, 11) is 0. The lowest BCUT2D eigenvalue weighted by atomic mass is 9.95. The number of likely N-dealkylation sites (tertiary alicyclic amines) is 1. The molecular weight excluding hydrogens is 272 g/mol. The highest BCUT2D eigenvalue weighted by molar-refractivity contribution is 5.79. The van der Waals surface area contributed by atoms with Crippen LogP contribution in [0.25, 0.3) is 0 Å². The zero-order valence-electron chi connectivity index (χ0n) is 12.3. The van der Waals surface area contributed by atoms with Crippen LogP contribution in [0.5, 0.6) is 0 Å². The minimum Gasteiger partial charge on any atom is -0.480 e. The highest BCUT2D eigenvalue weighted by Crippen LogP contribution is 2.41. The van der Waals surface area contributed by atoms with Gasteiger partial charge >= 0.3 is 5.97 Å². The van der Waals surface area contributed by atoms with Crippen LogP contribution in [0.15, 0.2) is 0 Å². The topological polar surface area (TPSA) is 78.9 Å². The lowest BCUT2D eigenvalue weighted by Crippen LogP contribution is -2.45. The quantitative estimate of drug-likeness (QED) is 0.764. The number of amides is 1. The van der Waals surface area contributed by atoms with E-state index >= 15 is 0 Å². The van der Waals surface area contributed by atoms with Crippen molar-refractivity contribution in [3.63, 3.8) is 0 Å². The Balaban J connectivity index is 1.56. The molecule has 1 saturated carbocycles. The van der Waals surface area contributed by atoms with Gasteiger partial charge in [-0.15, -0.1) is 0 Å². The van der Waals surface area contributed by atoms with Crippen molar-refractivity contribution in [3.8, 4) is 0 Å². The molecule has 118 valence electrons. The van der Waals surface area contributed by atoms with Crippen LogP contribution in [-0.4, -0.2) is 60.8 Å². The third-order valence-corrected chi connectivity index (χ3v) is 4.95. The van der Waals surface area contributed by atoms with E-state index in [0.29, 0.717) is 31.6 Å². The van der Waals surface area contributed by atoms with Gasteiger partial charge in [0.2, 0.25) is 5.91 Å². The lowest BCUT2D eigenvalue weighted by molar-refractivity contribution is -0.138. The maximum absolute atomic E-state index is 12.4. The van der Waals surface area contributed by atoms with E-state index in [9.17, 15) is 9.59 Å². The van der Waals surface area contributed by atoms with Gasteiger partial charge in [-0.1, -0.05) is 0 Å². The predicted octanol–water partition coefficient (Wildman–Crippen LogP) is 0.324. The Morgan fingerprint density at radius 1 is 1.14 bits per heavy atom. The van der Waals surface area contributed by atoms with Gasteiger partial charge in [-0.3, -0.25) is 14.5 Å². The number of carbonyl (C=O) groups excluding carboxylic acids is 1. The van der Waals surface area contributed by atoms with Crippen LogP contribution in [0, 0.1) is 17.8 Å². The Hall–Kier alpha value is -1.14. The molecule has 3 rings (SSSR count). The van der Waals surface area contributed by atoms with E-state index in [0.717, 1.165) is 19.4 Å². The molecule has 2 heterocycles. The van der Waals surface area contributed by atoms with E-state index in [1.807, 2.05) is 4.90 Å². The van der Waals surface area contributed by atoms with Gasteiger partial charge in [-0.05, 0) is 37.5 Å². The first kappa shape index (κ1) is 14.8. The van der Waals surface area contributed by atoms with Crippen molar-refractivity contribution in [2.24, 2.45) is 17.8 Å². The third-order valence-electron chi connectivity index (χ3n) is 4.95. The summed E-state index contributed by atoms with van der Waals surface area (Å²) in [5.41, 5.74) is 0. The highest BCUT2D eigenvalue weighted by Gasteiger charge is 2.43. The maximum atomic E-state index is 12.4. The maximum Gasteiger partial charge on any atom is 0.317 e. The van der Waals surface area contributed by atoms with E-state index in [1.54, 1.807) is 0 Å². The monoisotopic (exact) mass is 296 g/mol. The second-order valence-corrected chi connectivity index (χ2v) is 6.59. The highest BCUT2D eigenvalue weighted by atomic mass is 16.5. The minimum absolute atomic E-state index is 0.0622. The van der Waals surface area contributed by atoms with Crippen molar-refractivity contribution < 1.29 is 19.4 Å². The fraction of sp³-hybridized carbons (Fsp3) is 0.867. The first-order valence-corrected chi connectivity index (χ1v) is 7.95. The van der Waals surface area contributed by atoms with E-state index < -0.39 is 5.97 Å². The summed E-state index contributed by atoms with van der Waals surface area (Å²) in [4.78, 5) is 25.2. The van der Waals surface area contributed by atoms with E-state index in [4.69, 9.17) is 9.84 Å². The van der Waals surface area contributed by atoms with Gasteiger partial charge in [0.05, 0.1) is 6.54 Å². The molecule has 2 aliphatic heterocycles. The molecule has 6 heteroatoms. The molecule has 2 N–H and O–H groups in total. The average molecular weight is 296 g/mol. The Morgan fingerprint density at radius 3 is 2.48 bits per heavy atom. The zero-order chi connectivity index (χ0) is 14.8. The third kappa shape index (κ3) is 3.74. The number of hydrogen-bond donors (Lipinski definition) is 2. The number of aliphatic carboxylic acids is 1. The van der Waals surface area contributed by atoms with Crippen LogP contribution in [0.1, 0.15) is 25.7 Å². The summed E-state index contributed by atoms with van der Waals surface area (Å²) in [5.74, 6) is 0.496. The van der Waals surface area contributed by atoms with Gasteiger partial charge in [0.25, 0.3) is 0 Å². The van der Waals surface area contributed by atoms with Crippen molar-refractivity contribution in [3.05, 3.63) is 0 Å². The van der Waals surface area contributed by atoms with Crippen molar-refractivity contribution >= 4 is 11.9 Å². The first-order valence-electron chi connectivity index (χ1n) is 7.95. The van der Waals surface area contributed by atoms with Crippen LogP contribution in [0.4, 0.5) is 0 Å². The minimum atomic E-state index is -0.791. The molecular formula is C15H24N2O4. The molecule has 6 nitrogen and oxygen atoms in total. The van der Waals surface area contributed by atoms with E-state index in [-0.39, 0.29) is 24.4 Å². The Morgan fingerprint density at radius 2 is 1.86 bits per heavy atom. The normalized spacial score (nSPS) is 31.2. The fourth-order valence-electron chi connectivity index (χ4n) is 3.65. The molecule has 21 heavy (non-hydrogen) atoms. The number of carboxylic acid groups (broad SMARTS) is 1. The molecule has 0 aromatic rings. The second kappa shape index (κ2) is 6.32. The molecule has 0 aromatic carbocycles. The number of nitrogens with zero attached hydrogens (tertiary/aromatic N) is 1.